The van der Waals surface area contributed by atoms with E-state index in [2.05, 4.69) is 5.10 Å². The van der Waals surface area contributed by atoms with Crippen molar-refractivity contribution in [1.29, 1.82) is 0 Å². The second-order valence-electron chi connectivity index (χ2n) is 8.09. The minimum atomic E-state index is -0.513. The summed E-state index contributed by atoms with van der Waals surface area (Å²) in [5.41, 5.74) is 1.19. The predicted octanol–water partition coefficient (Wildman–Crippen LogP) is 2.15. The molecule has 4 rings (SSSR count). The first-order valence-corrected chi connectivity index (χ1v) is 8.64. The van der Waals surface area contributed by atoms with Crippen LogP contribution >= 0.6 is 0 Å². The number of nitrogens with zero attached hydrogens (tertiary/aromatic N) is 4. The normalized spacial score (nSPS) is 22.0. The average Bonchev–Trinajstić information content (AvgIpc) is 3.08. The molecule has 2 amide bonds. The summed E-state index contributed by atoms with van der Waals surface area (Å²) in [7, 11) is 0. The fourth-order valence-electron chi connectivity index (χ4n) is 3.60. The Hall–Kier alpha value is -2.05. The summed E-state index contributed by atoms with van der Waals surface area (Å²) in [5.74, 6) is 0.229. The number of ether oxygens (including phenoxy) is 1. The van der Waals surface area contributed by atoms with Crippen molar-refractivity contribution >= 4 is 17.7 Å². The third-order valence-corrected chi connectivity index (χ3v) is 5.16. The SMILES string of the molecule is CC(C)(C)OC(=O)N1CCn2ncc(N3CCC4(CC4)C3=O)c2C1. The van der Waals surface area contributed by atoms with Crippen molar-refractivity contribution in [2.45, 2.75) is 58.7 Å². The highest BCUT2D eigenvalue weighted by atomic mass is 16.6. The Labute approximate surface area is 141 Å². The van der Waals surface area contributed by atoms with Gasteiger partial charge in [-0.1, -0.05) is 0 Å². The van der Waals surface area contributed by atoms with Crippen molar-refractivity contribution in [1.82, 2.24) is 14.7 Å². The van der Waals surface area contributed by atoms with Crippen LogP contribution in [0.1, 0.15) is 45.7 Å². The Morgan fingerprint density at radius 2 is 1.96 bits per heavy atom. The number of aromatic nitrogens is 2. The molecule has 7 heteroatoms. The van der Waals surface area contributed by atoms with Crippen LogP contribution in [0.4, 0.5) is 10.5 Å². The van der Waals surface area contributed by atoms with Gasteiger partial charge in [0.2, 0.25) is 5.91 Å². The van der Waals surface area contributed by atoms with Crippen LogP contribution in [-0.4, -0.2) is 45.4 Å². The maximum absolute atomic E-state index is 12.7. The molecular formula is C17H24N4O3. The van der Waals surface area contributed by atoms with Gasteiger partial charge in [-0.2, -0.15) is 5.10 Å². The van der Waals surface area contributed by atoms with Crippen molar-refractivity contribution in [2.24, 2.45) is 5.41 Å². The quantitative estimate of drug-likeness (QED) is 0.790. The molecule has 0 unspecified atom stereocenters. The molecule has 0 atom stereocenters. The number of amides is 2. The van der Waals surface area contributed by atoms with E-state index in [-0.39, 0.29) is 17.4 Å². The maximum atomic E-state index is 12.7. The third kappa shape index (κ3) is 2.46. The zero-order valence-corrected chi connectivity index (χ0v) is 14.5. The number of rotatable bonds is 1. The molecule has 1 saturated heterocycles. The van der Waals surface area contributed by atoms with Crippen LogP contribution in [0, 0.1) is 5.41 Å². The minimum Gasteiger partial charge on any atom is -0.444 e. The number of hydrogen-bond donors (Lipinski definition) is 0. The Balaban J connectivity index is 1.54. The van der Waals surface area contributed by atoms with Crippen LogP contribution < -0.4 is 4.90 Å². The lowest BCUT2D eigenvalue weighted by molar-refractivity contribution is -0.121. The monoisotopic (exact) mass is 332 g/mol. The van der Waals surface area contributed by atoms with E-state index in [0.717, 1.165) is 37.2 Å². The molecule has 1 aromatic heterocycles. The van der Waals surface area contributed by atoms with E-state index in [9.17, 15) is 9.59 Å². The van der Waals surface area contributed by atoms with Crippen LogP contribution in [0.25, 0.3) is 0 Å². The molecule has 0 bridgehead atoms. The molecule has 130 valence electrons. The molecule has 2 fully saturated rings. The Kier molecular flexibility index (Phi) is 3.21. The number of carbonyl (C=O) groups is 2. The van der Waals surface area contributed by atoms with Gasteiger partial charge >= 0.3 is 6.09 Å². The highest BCUT2D eigenvalue weighted by molar-refractivity contribution is 6.02. The van der Waals surface area contributed by atoms with Crippen molar-refractivity contribution in [3.63, 3.8) is 0 Å². The standard InChI is InChI=1S/C17H24N4O3/c1-16(2,3)24-15(23)19-8-9-21-13(11-19)12(10-18-21)20-7-6-17(4-5-17)14(20)22/h10H,4-9,11H2,1-3H3. The molecule has 3 aliphatic rings. The molecule has 3 heterocycles. The lowest BCUT2D eigenvalue weighted by atomic mass is 10.1. The molecule has 1 aromatic rings. The number of hydrogen-bond acceptors (Lipinski definition) is 4. The first kappa shape index (κ1) is 15.5. The van der Waals surface area contributed by atoms with Gasteiger partial charge in [-0.05, 0) is 40.0 Å². The summed E-state index contributed by atoms with van der Waals surface area (Å²) >= 11 is 0. The first-order chi connectivity index (χ1) is 11.3. The topological polar surface area (TPSA) is 67.7 Å². The molecule has 2 aliphatic heterocycles. The third-order valence-electron chi connectivity index (χ3n) is 5.16. The van der Waals surface area contributed by atoms with Gasteiger partial charge in [0.1, 0.15) is 5.60 Å². The van der Waals surface area contributed by atoms with E-state index in [1.165, 1.54) is 0 Å². The molecule has 0 radical (unpaired) electrons. The van der Waals surface area contributed by atoms with Crippen molar-refractivity contribution < 1.29 is 14.3 Å². The van der Waals surface area contributed by atoms with Gasteiger partial charge in [0.25, 0.3) is 0 Å². The van der Waals surface area contributed by atoms with Gasteiger partial charge in [0.05, 0.1) is 36.1 Å². The van der Waals surface area contributed by atoms with Crippen LogP contribution in [0.3, 0.4) is 0 Å². The van der Waals surface area contributed by atoms with Crippen LogP contribution in [-0.2, 0) is 22.6 Å². The Morgan fingerprint density at radius 1 is 1.21 bits per heavy atom. The molecule has 1 spiro atoms. The van der Waals surface area contributed by atoms with Crippen molar-refractivity contribution in [3.8, 4) is 0 Å². The lowest BCUT2D eigenvalue weighted by Gasteiger charge is -2.31. The smallest absolute Gasteiger partial charge is 0.410 e. The minimum absolute atomic E-state index is 0.0889. The highest BCUT2D eigenvalue weighted by Crippen LogP contribution is 2.54. The summed E-state index contributed by atoms with van der Waals surface area (Å²) in [4.78, 5) is 28.6. The number of anilines is 1. The van der Waals surface area contributed by atoms with Gasteiger partial charge in [0.15, 0.2) is 0 Å². The molecule has 1 aliphatic carbocycles. The second kappa shape index (κ2) is 4.97. The highest BCUT2D eigenvalue weighted by Gasteiger charge is 2.56. The predicted molar refractivity (Wildman–Crippen MR) is 87.5 cm³/mol. The van der Waals surface area contributed by atoms with E-state index in [1.807, 2.05) is 30.4 Å². The summed E-state index contributed by atoms with van der Waals surface area (Å²) < 4.78 is 7.38. The van der Waals surface area contributed by atoms with Crippen molar-refractivity contribution in [3.05, 3.63) is 11.9 Å². The van der Waals surface area contributed by atoms with Gasteiger partial charge in [-0.15, -0.1) is 0 Å². The van der Waals surface area contributed by atoms with Gasteiger partial charge < -0.3 is 14.5 Å². The summed E-state index contributed by atoms with van der Waals surface area (Å²) in [6.07, 6.45) is 4.41. The van der Waals surface area contributed by atoms with Crippen LogP contribution in [0.2, 0.25) is 0 Å². The molecule has 7 nitrogen and oxygen atoms in total. The van der Waals surface area contributed by atoms with E-state index in [1.54, 1.807) is 11.1 Å². The molecule has 1 saturated carbocycles. The maximum Gasteiger partial charge on any atom is 0.410 e. The fourth-order valence-corrected chi connectivity index (χ4v) is 3.60. The fraction of sp³-hybridized carbons (Fsp3) is 0.706. The Bertz CT molecular complexity index is 699. The van der Waals surface area contributed by atoms with E-state index < -0.39 is 5.60 Å². The average molecular weight is 332 g/mol. The zero-order chi connectivity index (χ0) is 17.1. The zero-order valence-electron chi connectivity index (χ0n) is 14.5. The Morgan fingerprint density at radius 3 is 2.58 bits per heavy atom. The van der Waals surface area contributed by atoms with Crippen LogP contribution in [0.15, 0.2) is 6.20 Å². The van der Waals surface area contributed by atoms with Gasteiger partial charge in [0, 0.05) is 13.1 Å². The number of fused-ring (bicyclic) bond motifs is 1. The lowest BCUT2D eigenvalue weighted by Crippen LogP contribution is -2.42. The number of carbonyl (C=O) groups excluding carboxylic acids is 2. The van der Waals surface area contributed by atoms with Crippen LogP contribution in [0.5, 0.6) is 0 Å². The van der Waals surface area contributed by atoms with Gasteiger partial charge in [-0.25, -0.2) is 4.79 Å². The summed E-state index contributed by atoms with van der Waals surface area (Å²) in [5, 5.41) is 4.42. The largest absolute Gasteiger partial charge is 0.444 e. The van der Waals surface area contributed by atoms with E-state index >= 15 is 0 Å². The summed E-state index contributed by atoms with van der Waals surface area (Å²) in [6, 6.07) is 0. The molecule has 0 aromatic carbocycles. The molecule has 0 N–H and O–H groups in total. The second-order valence-corrected chi connectivity index (χ2v) is 8.09. The van der Waals surface area contributed by atoms with Crippen molar-refractivity contribution in [2.75, 3.05) is 18.0 Å². The molecular weight excluding hydrogens is 308 g/mol. The molecule has 24 heavy (non-hydrogen) atoms. The van der Waals surface area contributed by atoms with Gasteiger partial charge in [-0.3, -0.25) is 9.48 Å². The first-order valence-electron chi connectivity index (χ1n) is 8.64. The van der Waals surface area contributed by atoms with E-state index in [4.69, 9.17) is 4.74 Å². The van der Waals surface area contributed by atoms with E-state index in [0.29, 0.717) is 19.6 Å². The summed E-state index contributed by atoms with van der Waals surface area (Å²) in [6.45, 7) is 7.97.